The average molecular weight is 269 g/mol. The molecule has 1 N–H and O–H groups in total. The van der Waals surface area contributed by atoms with E-state index in [0.717, 1.165) is 32.3 Å². The van der Waals surface area contributed by atoms with Gasteiger partial charge in [0, 0.05) is 18.6 Å². The molecule has 1 aliphatic carbocycles. The Balaban J connectivity index is 1.74. The molecule has 0 radical (unpaired) electrons. The molecule has 0 aromatic carbocycles. The molecule has 2 fully saturated rings. The maximum absolute atomic E-state index is 6.21. The summed E-state index contributed by atoms with van der Waals surface area (Å²) in [7, 11) is 0. The molecule has 19 heavy (non-hydrogen) atoms. The molecule has 0 amide bonds. The first kappa shape index (κ1) is 15.3. The molecule has 0 bridgehead atoms. The maximum Gasteiger partial charge on any atom is 0.0626 e. The van der Waals surface area contributed by atoms with E-state index in [4.69, 9.17) is 9.47 Å². The Morgan fingerprint density at radius 2 is 2.21 bits per heavy atom. The van der Waals surface area contributed by atoms with E-state index >= 15 is 0 Å². The van der Waals surface area contributed by atoms with Crippen LogP contribution in [0.2, 0.25) is 0 Å². The summed E-state index contributed by atoms with van der Waals surface area (Å²) in [4.78, 5) is 0. The number of ether oxygens (including phenoxy) is 2. The second kappa shape index (κ2) is 8.23. The standard InChI is InChI=1S/C16H31NO2/c1-3-8-17-16(14-7-9-18-11-14)12-19-15-6-4-5-13(2)10-15/h13-17H,3-12H2,1-2H3. The van der Waals surface area contributed by atoms with E-state index in [9.17, 15) is 0 Å². The van der Waals surface area contributed by atoms with Crippen molar-refractivity contribution in [2.45, 2.75) is 64.5 Å². The fraction of sp³-hybridized carbons (Fsp3) is 1.00. The minimum absolute atomic E-state index is 0.486. The Kier molecular flexibility index (Phi) is 6.62. The number of hydrogen-bond donors (Lipinski definition) is 1. The fourth-order valence-corrected chi connectivity index (χ4v) is 3.33. The van der Waals surface area contributed by atoms with E-state index in [0.29, 0.717) is 18.1 Å². The van der Waals surface area contributed by atoms with Crippen LogP contribution < -0.4 is 5.32 Å². The van der Waals surface area contributed by atoms with Gasteiger partial charge >= 0.3 is 0 Å². The zero-order valence-corrected chi connectivity index (χ0v) is 12.7. The van der Waals surface area contributed by atoms with Crippen LogP contribution in [0.4, 0.5) is 0 Å². The molecule has 1 saturated heterocycles. The van der Waals surface area contributed by atoms with Gasteiger partial charge in [-0.15, -0.1) is 0 Å². The van der Waals surface area contributed by atoms with Gasteiger partial charge in [-0.2, -0.15) is 0 Å². The third-order valence-corrected chi connectivity index (χ3v) is 4.59. The van der Waals surface area contributed by atoms with E-state index in [1.165, 1.54) is 38.5 Å². The molecular formula is C16H31NO2. The molecule has 0 spiro atoms. The van der Waals surface area contributed by atoms with E-state index in [1.54, 1.807) is 0 Å². The Morgan fingerprint density at radius 1 is 1.32 bits per heavy atom. The highest BCUT2D eigenvalue weighted by Gasteiger charge is 2.27. The van der Waals surface area contributed by atoms with Gasteiger partial charge in [0.2, 0.25) is 0 Å². The monoisotopic (exact) mass is 269 g/mol. The summed E-state index contributed by atoms with van der Waals surface area (Å²) in [6.45, 7) is 8.37. The summed E-state index contributed by atoms with van der Waals surface area (Å²) in [6, 6.07) is 0.486. The van der Waals surface area contributed by atoms with E-state index in [-0.39, 0.29) is 0 Å². The summed E-state index contributed by atoms with van der Waals surface area (Å²) in [5, 5.41) is 3.66. The van der Waals surface area contributed by atoms with E-state index < -0.39 is 0 Å². The van der Waals surface area contributed by atoms with Crippen molar-refractivity contribution >= 4 is 0 Å². The molecule has 4 atom stereocenters. The summed E-state index contributed by atoms with van der Waals surface area (Å²) in [5.41, 5.74) is 0. The van der Waals surface area contributed by atoms with Gasteiger partial charge in [-0.25, -0.2) is 0 Å². The van der Waals surface area contributed by atoms with Crippen LogP contribution in [0, 0.1) is 11.8 Å². The van der Waals surface area contributed by atoms with Crippen LogP contribution in [-0.4, -0.2) is 38.5 Å². The third-order valence-electron chi connectivity index (χ3n) is 4.59. The van der Waals surface area contributed by atoms with Crippen molar-refractivity contribution in [3.8, 4) is 0 Å². The maximum atomic E-state index is 6.21. The van der Waals surface area contributed by atoms with Gasteiger partial charge in [0.05, 0.1) is 19.3 Å². The topological polar surface area (TPSA) is 30.5 Å². The zero-order valence-electron chi connectivity index (χ0n) is 12.7. The minimum atomic E-state index is 0.486. The summed E-state index contributed by atoms with van der Waals surface area (Å²) in [6.07, 6.45) is 8.10. The summed E-state index contributed by atoms with van der Waals surface area (Å²) in [5.74, 6) is 1.49. The highest BCUT2D eigenvalue weighted by atomic mass is 16.5. The molecule has 1 aliphatic heterocycles. The third kappa shape index (κ3) is 5.05. The highest BCUT2D eigenvalue weighted by Crippen LogP contribution is 2.26. The molecule has 2 rings (SSSR count). The Bertz CT molecular complexity index is 241. The van der Waals surface area contributed by atoms with Crippen LogP contribution >= 0.6 is 0 Å². The first-order valence-electron chi connectivity index (χ1n) is 8.22. The highest BCUT2D eigenvalue weighted by molar-refractivity contribution is 4.80. The molecule has 1 saturated carbocycles. The quantitative estimate of drug-likeness (QED) is 0.771. The van der Waals surface area contributed by atoms with Crippen molar-refractivity contribution in [2.75, 3.05) is 26.4 Å². The molecule has 3 heteroatoms. The lowest BCUT2D eigenvalue weighted by molar-refractivity contribution is -0.00438. The van der Waals surface area contributed by atoms with Crippen LogP contribution in [0.3, 0.4) is 0 Å². The lowest BCUT2D eigenvalue weighted by atomic mass is 9.88. The van der Waals surface area contributed by atoms with Crippen molar-refractivity contribution < 1.29 is 9.47 Å². The molecule has 3 nitrogen and oxygen atoms in total. The first-order valence-corrected chi connectivity index (χ1v) is 8.22. The zero-order chi connectivity index (χ0) is 13.5. The predicted octanol–water partition coefficient (Wildman–Crippen LogP) is 2.99. The smallest absolute Gasteiger partial charge is 0.0626 e. The van der Waals surface area contributed by atoms with E-state index in [2.05, 4.69) is 19.2 Å². The lowest BCUT2D eigenvalue weighted by Gasteiger charge is -2.30. The van der Waals surface area contributed by atoms with Gasteiger partial charge in [0.1, 0.15) is 0 Å². The lowest BCUT2D eigenvalue weighted by Crippen LogP contribution is -2.42. The predicted molar refractivity (Wildman–Crippen MR) is 78.4 cm³/mol. The fourth-order valence-electron chi connectivity index (χ4n) is 3.33. The summed E-state index contributed by atoms with van der Waals surface area (Å²) >= 11 is 0. The van der Waals surface area contributed by atoms with Crippen molar-refractivity contribution in [3.05, 3.63) is 0 Å². The van der Waals surface area contributed by atoms with Gasteiger partial charge in [-0.1, -0.05) is 26.7 Å². The Labute approximate surface area is 118 Å². The SMILES string of the molecule is CCCNC(COC1CCCC(C)C1)C1CCOC1. The molecule has 2 aliphatic rings. The van der Waals surface area contributed by atoms with Crippen LogP contribution in [0.15, 0.2) is 0 Å². The molecule has 1 heterocycles. The number of nitrogens with one attached hydrogen (secondary N) is 1. The van der Waals surface area contributed by atoms with Crippen LogP contribution in [0.1, 0.15) is 52.4 Å². The van der Waals surface area contributed by atoms with Crippen molar-refractivity contribution in [2.24, 2.45) is 11.8 Å². The molecule has 0 aromatic heterocycles. The van der Waals surface area contributed by atoms with Crippen LogP contribution in [-0.2, 0) is 9.47 Å². The average Bonchev–Trinajstić information content (AvgIpc) is 2.93. The van der Waals surface area contributed by atoms with Crippen molar-refractivity contribution in [1.82, 2.24) is 5.32 Å². The van der Waals surface area contributed by atoms with Crippen molar-refractivity contribution in [3.63, 3.8) is 0 Å². The first-order chi connectivity index (χ1) is 9.29. The van der Waals surface area contributed by atoms with Gasteiger partial charge < -0.3 is 14.8 Å². The second-order valence-corrected chi connectivity index (χ2v) is 6.41. The number of rotatable bonds is 7. The van der Waals surface area contributed by atoms with Gasteiger partial charge in [0.25, 0.3) is 0 Å². The Hall–Kier alpha value is -0.120. The molecule has 0 aromatic rings. The van der Waals surface area contributed by atoms with Gasteiger partial charge in [-0.05, 0) is 38.1 Å². The minimum Gasteiger partial charge on any atom is -0.381 e. The van der Waals surface area contributed by atoms with Crippen molar-refractivity contribution in [1.29, 1.82) is 0 Å². The second-order valence-electron chi connectivity index (χ2n) is 6.41. The Morgan fingerprint density at radius 3 is 2.89 bits per heavy atom. The normalized spacial score (nSPS) is 33.5. The summed E-state index contributed by atoms with van der Waals surface area (Å²) < 4.78 is 11.7. The van der Waals surface area contributed by atoms with E-state index in [1.807, 2.05) is 0 Å². The van der Waals surface area contributed by atoms with Crippen LogP contribution in [0.25, 0.3) is 0 Å². The molecular weight excluding hydrogens is 238 g/mol. The van der Waals surface area contributed by atoms with Gasteiger partial charge in [0.15, 0.2) is 0 Å². The molecule has 4 unspecified atom stereocenters. The largest absolute Gasteiger partial charge is 0.381 e. The van der Waals surface area contributed by atoms with Gasteiger partial charge in [-0.3, -0.25) is 0 Å². The van der Waals surface area contributed by atoms with Crippen LogP contribution in [0.5, 0.6) is 0 Å². The number of hydrogen-bond acceptors (Lipinski definition) is 3. The molecule has 112 valence electrons.